The second-order valence-corrected chi connectivity index (χ2v) is 6.61. The first kappa shape index (κ1) is 20.5. The van der Waals surface area contributed by atoms with Crippen molar-refractivity contribution in [1.82, 2.24) is 10.6 Å². The van der Waals surface area contributed by atoms with Crippen molar-refractivity contribution in [1.29, 1.82) is 5.26 Å². The van der Waals surface area contributed by atoms with Gasteiger partial charge in [-0.1, -0.05) is 18.2 Å². The molecule has 0 spiro atoms. The number of aryl methyl sites for hydroxylation is 2. The number of rotatable bonds is 8. The summed E-state index contributed by atoms with van der Waals surface area (Å²) in [6.45, 7) is 4.29. The first-order valence-electron chi connectivity index (χ1n) is 9.47. The molecule has 0 bridgehead atoms. The number of nitrogens with one attached hydrogen (secondary N) is 2. The fourth-order valence-corrected chi connectivity index (χ4v) is 3.11. The van der Waals surface area contributed by atoms with E-state index in [1.54, 1.807) is 6.92 Å². The van der Waals surface area contributed by atoms with Crippen LogP contribution in [0.4, 0.5) is 0 Å². The minimum absolute atomic E-state index is 0.0244. The van der Waals surface area contributed by atoms with E-state index >= 15 is 0 Å². The van der Waals surface area contributed by atoms with E-state index in [-0.39, 0.29) is 24.0 Å². The Hall–Kier alpha value is -2.81. The van der Waals surface area contributed by atoms with Gasteiger partial charge in [-0.2, -0.15) is 5.26 Å². The molecule has 0 radical (unpaired) electrons. The number of nitriles is 1. The molecule has 0 aromatic heterocycles. The van der Waals surface area contributed by atoms with E-state index in [1.807, 2.05) is 19.1 Å². The molecule has 0 saturated carbocycles. The van der Waals surface area contributed by atoms with Crippen molar-refractivity contribution in [2.75, 3.05) is 13.2 Å². The number of hydrogen-bond donors (Lipinski definition) is 2. The van der Waals surface area contributed by atoms with Crippen LogP contribution in [-0.4, -0.2) is 25.0 Å². The van der Waals surface area contributed by atoms with E-state index in [0.717, 1.165) is 18.4 Å². The van der Waals surface area contributed by atoms with Gasteiger partial charge in [-0.25, -0.2) is 0 Å². The highest BCUT2D eigenvalue weighted by Crippen LogP contribution is 2.24. The molecule has 6 heteroatoms. The van der Waals surface area contributed by atoms with Crippen LogP contribution in [-0.2, 0) is 27.2 Å². The molecule has 144 valence electrons. The Morgan fingerprint density at radius 1 is 1.30 bits per heavy atom. The fraction of sp³-hybridized carbons (Fsp3) is 0.476. The number of amides is 1. The SMILES string of the molecule is CCOC(=O)CCN/C=C(/C#N)C(=O)NC(C)c1ccc2c(c1)CCCC2. The monoisotopic (exact) mass is 369 g/mol. The predicted molar refractivity (Wildman–Crippen MR) is 103 cm³/mol. The van der Waals surface area contributed by atoms with Gasteiger partial charge in [0.05, 0.1) is 19.1 Å². The third-order valence-electron chi connectivity index (χ3n) is 4.61. The average molecular weight is 369 g/mol. The van der Waals surface area contributed by atoms with Crippen molar-refractivity contribution in [2.24, 2.45) is 0 Å². The van der Waals surface area contributed by atoms with Gasteiger partial charge in [-0.15, -0.1) is 0 Å². The van der Waals surface area contributed by atoms with Crippen LogP contribution in [0.5, 0.6) is 0 Å². The summed E-state index contributed by atoms with van der Waals surface area (Å²) < 4.78 is 4.82. The standard InChI is InChI=1S/C21H27N3O3/c1-3-27-20(25)10-11-23-14-19(13-22)21(26)24-15(2)17-9-8-16-6-4-5-7-18(16)12-17/h8-9,12,14-15,23H,3-7,10-11H2,1-2H3,(H,24,26)/b19-14-. The van der Waals surface area contributed by atoms with Crippen LogP contribution in [0.2, 0.25) is 0 Å². The Bertz CT molecular complexity index is 750. The van der Waals surface area contributed by atoms with Gasteiger partial charge in [-0.3, -0.25) is 9.59 Å². The van der Waals surface area contributed by atoms with Gasteiger partial charge in [0.1, 0.15) is 11.6 Å². The topological polar surface area (TPSA) is 91.2 Å². The van der Waals surface area contributed by atoms with Crippen molar-refractivity contribution in [2.45, 2.75) is 52.0 Å². The maximum atomic E-state index is 12.3. The van der Waals surface area contributed by atoms with Gasteiger partial charge in [0, 0.05) is 12.7 Å². The minimum Gasteiger partial charge on any atom is -0.466 e. The normalized spacial score (nSPS) is 14.5. The highest BCUT2D eigenvalue weighted by molar-refractivity contribution is 5.97. The highest BCUT2D eigenvalue weighted by atomic mass is 16.5. The molecule has 0 heterocycles. The Balaban J connectivity index is 1.90. The van der Waals surface area contributed by atoms with Gasteiger partial charge in [-0.05, 0) is 56.2 Å². The molecule has 1 unspecified atom stereocenters. The molecule has 0 aliphatic heterocycles. The number of fused-ring (bicyclic) bond motifs is 1. The lowest BCUT2D eigenvalue weighted by Gasteiger charge is -2.20. The largest absolute Gasteiger partial charge is 0.466 e. The van der Waals surface area contributed by atoms with Gasteiger partial charge >= 0.3 is 5.97 Å². The van der Waals surface area contributed by atoms with Crippen LogP contribution >= 0.6 is 0 Å². The molecule has 1 aromatic carbocycles. The molecular weight excluding hydrogens is 342 g/mol. The molecule has 2 rings (SSSR count). The fourth-order valence-electron chi connectivity index (χ4n) is 3.11. The summed E-state index contributed by atoms with van der Waals surface area (Å²) in [4.78, 5) is 23.6. The minimum atomic E-state index is -0.439. The Morgan fingerprint density at radius 3 is 2.74 bits per heavy atom. The molecule has 1 atom stereocenters. The van der Waals surface area contributed by atoms with Crippen molar-refractivity contribution in [3.05, 3.63) is 46.7 Å². The van der Waals surface area contributed by atoms with E-state index in [9.17, 15) is 14.9 Å². The number of hydrogen-bond acceptors (Lipinski definition) is 5. The number of carbonyl (C=O) groups excluding carboxylic acids is 2. The molecule has 1 aromatic rings. The summed E-state index contributed by atoms with van der Waals surface area (Å²) in [5.74, 6) is -0.756. The predicted octanol–water partition coefficient (Wildman–Crippen LogP) is 2.69. The van der Waals surface area contributed by atoms with Crippen LogP contribution in [0.3, 0.4) is 0 Å². The summed E-state index contributed by atoms with van der Waals surface area (Å²) in [5, 5.41) is 14.9. The number of esters is 1. The third-order valence-corrected chi connectivity index (χ3v) is 4.61. The first-order chi connectivity index (χ1) is 13.0. The summed E-state index contributed by atoms with van der Waals surface area (Å²) in [5.41, 5.74) is 3.77. The van der Waals surface area contributed by atoms with Crippen molar-refractivity contribution < 1.29 is 14.3 Å². The summed E-state index contributed by atoms with van der Waals surface area (Å²) in [6.07, 6.45) is 6.16. The van der Waals surface area contributed by atoms with Crippen molar-refractivity contribution in [3.63, 3.8) is 0 Å². The highest BCUT2D eigenvalue weighted by Gasteiger charge is 2.16. The smallest absolute Gasteiger partial charge is 0.307 e. The Kier molecular flexibility index (Phi) is 7.87. The van der Waals surface area contributed by atoms with E-state index < -0.39 is 5.91 Å². The van der Waals surface area contributed by atoms with Crippen LogP contribution in [0, 0.1) is 11.3 Å². The lowest BCUT2D eigenvalue weighted by atomic mass is 9.89. The number of benzene rings is 1. The van der Waals surface area contributed by atoms with Gasteiger partial charge in [0.15, 0.2) is 0 Å². The van der Waals surface area contributed by atoms with Crippen molar-refractivity contribution in [3.8, 4) is 6.07 Å². The number of ether oxygens (including phenoxy) is 1. The van der Waals surface area contributed by atoms with E-state index in [4.69, 9.17) is 4.74 Å². The second-order valence-electron chi connectivity index (χ2n) is 6.61. The van der Waals surface area contributed by atoms with Crippen LogP contribution in [0.1, 0.15) is 55.8 Å². The summed E-state index contributed by atoms with van der Waals surface area (Å²) in [7, 11) is 0. The lowest BCUT2D eigenvalue weighted by Crippen LogP contribution is -2.29. The number of carbonyl (C=O) groups is 2. The molecule has 6 nitrogen and oxygen atoms in total. The molecule has 1 amide bonds. The van der Waals surface area contributed by atoms with Gasteiger partial charge < -0.3 is 15.4 Å². The molecule has 27 heavy (non-hydrogen) atoms. The van der Waals surface area contributed by atoms with Gasteiger partial charge in [0.2, 0.25) is 0 Å². The lowest BCUT2D eigenvalue weighted by molar-refractivity contribution is -0.142. The zero-order chi connectivity index (χ0) is 19.6. The van der Waals surface area contributed by atoms with Crippen molar-refractivity contribution >= 4 is 11.9 Å². The molecule has 2 N–H and O–H groups in total. The first-order valence-corrected chi connectivity index (χ1v) is 9.47. The van der Waals surface area contributed by atoms with E-state index in [0.29, 0.717) is 13.2 Å². The molecular formula is C21H27N3O3. The van der Waals surface area contributed by atoms with Crippen LogP contribution in [0.25, 0.3) is 0 Å². The molecule has 0 saturated heterocycles. The van der Waals surface area contributed by atoms with E-state index in [2.05, 4.69) is 22.8 Å². The summed E-state index contributed by atoms with van der Waals surface area (Å²) >= 11 is 0. The Morgan fingerprint density at radius 2 is 2.04 bits per heavy atom. The van der Waals surface area contributed by atoms with Crippen LogP contribution < -0.4 is 10.6 Å². The third kappa shape index (κ3) is 6.14. The average Bonchev–Trinajstić information content (AvgIpc) is 2.67. The molecule has 1 aliphatic rings. The molecule has 0 fully saturated rings. The van der Waals surface area contributed by atoms with Crippen LogP contribution in [0.15, 0.2) is 30.0 Å². The number of nitrogens with zero attached hydrogens (tertiary/aromatic N) is 1. The quantitative estimate of drug-likeness (QED) is 0.318. The summed E-state index contributed by atoms with van der Waals surface area (Å²) in [6, 6.07) is 8.05. The second kappa shape index (κ2) is 10.4. The van der Waals surface area contributed by atoms with E-state index in [1.165, 1.54) is 30.2 Å². The maximum absolute atomic E-state index is 12.3. The maximum Gasteiger partial charge on any atom is 0.307 e. The molecule has 1 aliphatic carbocycles. The van der Waals surface area contributed by atoms with Gasteiger partial charge in [0.25, 0.3) is 5.91 Å². The zero-order valence-electron chi connectivity index (χ0n) is 16.0. The Labute approximate surface area is 160 Å². The zero-order valence-corrected chi connectivity index (χ0v) is 16.0.